The SMILES string of the molecule is CN=C(c1cc[nH]c1N)N1CCN(CC(C)C)C(c2cccc(NC(=O)Nc3ccccc3)c2)C1. The Hall–Kier alpha value is -3.78. The van der Waals surface area contributed by atoms with Crippen LogP contribution in [0.1, 0.15) is 31.0 Å². The Balaban J connectivity index is 1.54. The van der Waals surface area contributed by atoms with E-state index in [1.165, 1.54) is 0 Å². The maximum atomic E-state index is 12.6. The number of urea groups is 1. The minimum atomic E-state index is -0.263. The zero-order valence-corrected chi connectivity index (χ0v) is 20.7. The number of nitrogen functional groups attached to an aromatic ring is 1. The summed E-state index contributed by atoms with van der Waals surface area (Å²) in [4.78, 5) is 25.0. The summed E-state index contributed by atoms with van der Waals surface area (Å²) in [5.41, 5.74) is 9.76. The molecule has 0 radical (unpaired) electrons. The highest BCUT2D eigenvalue weighted by atomic mass is 16.2. The van der Waals surface area contributed by atoms with Crippen molar-refractivity contribution in [2.75, 3.05) is 49.6 Å². The summed E-state index contributed by atoms with van der Waals surface area (Å²) in [6, 6.07) is 19.4. The lowest BCUT2D eigenvalue weighted by Crippen LogP contribution is -2.51. The molecule has 5 N–H and O–H groups in total. The molecule has 4 rings (SSSR count). The maximum Gasteiger partial charge on any atom is 0.323 e. The summed E-state index contributed by atoms with van der Waals surface area (Å²) in [5, 5.41) is 5.85. The van der Waals surface area contributed by atoms with Gasteiger partial charge in [-0.1, -0.05) is 44.2 Å². The molecule has 2 amide bonds. The summed E-state index contributed by atoms with van der Waals surface area (Å²) >= 11 is 0. The van der Waals surface area contributed by atoms with E-state index in [4.69, 9.17) is 5.73 Å². The number of nitrogens with two attached hydrogens (primary N) is 1. The highest BCUT2D eigenvalue weighted by Crippen LogP contribution is 2.29. The lowest BCUT2D eigenvalue weighted by molar-refractivity contribution is 0.0999. The fourth-order valence-electron chi connectivity index (χ4n) is 4.66. The molecule has 1 saturated heterocycles. The first-order chi connectivity index (χ1) is 16.9. The van der Waals surface area contributed by atoms with Crippen molar-refractivity contribution in [2.24, 2.45) is 10.9 Å². The van der Waals surface area contributed by atoms with E-state index in [1.807, 2.05) is 61.8 Å². The molecule has 1 atom stereocenters. The molecule has 2 heterocycles. The zero-order chi connectivity index (χ0) is 24.8. The van der Waals surface area contributed by atoms with Crippen LogP contribution in [0.3, 0.4) is 0 Å². The predicted molar refractivity (Wildman–Crippen MR) is 144 cm³/mol. The van der Waals surface area contributed by atoms with E-state index >= 15 is 0 Å². The molecule has 1 aromatic heterocycles. The first kappa shape index (κ1) is 24.3. The van der Waals surface area contributed by atoms with E-state index < -0.39 is 0 Å². The van der Waals surface area contributed by atoms with Gasteiger partial charge < -0.3 is 26.3 Å². The number of amidine groups is 1. The molecule has 184 valence electrons. The van der Waals surface area contributed by atoms with Crippen molar-refractivity contribution in [3.63, 3.8) is 0 Å². The minimum Gasteiger partial charge on any atom is -0.385 e. The van der Waals surface area contributed by atoms with Crippen LogP contribution in [0.5, 0.6) is 0 Å². The number of aromatic nitrogens is 1. The molecule has 8 nitrogen and oxygen atoms in total. The van der Waals surface area contributed by atoms with Crippen molar-refractivity contribution in [3.05, 3.63) is 78.0 Å². The number of hydrogen-bond donors (Lipinski definition) is 4. The van der Waals surface area contributed by atoms with E-state index in [2.05, 4.69) is 56.4 Å². The van der Waals surface area contributed by atoms with Gasteiger partial charge in [-0.25, -0.2) is 4.79 Å². The third-order valence-electron chi connectivity index (χ3n) is 6.18. The lowest BCUT2D eigenvalue weighted by atomic mass is 9.99. The monoisotopic (exact) mass is 473 g/mol. The van der Waals surface area contributed by atoms with Crippen LogP contribution in [0.25, 0.3) is 0 Å². The van der Waals surface area contributed by atoms with Crippen LogP contribution in [0.4, 0.5) is 22.0 Å². The van der Waals surface area contributed by atoms with Gasteiger partial charge >= 0.3 is 6.03 Å². The molecule has 1 aliphatic heterocycles. The smallest absolute Gasteiger partial charge is 0.323 e. The van der Waals surface area contributed by atoms with Gasteiger partial charge in [0.2, 0.25) is 0 Å². The van der Waals surface area contributed by atoms with Crippen LogP contribution in [0, 0.1) is 5.92 Å². The quantitative estimate of drug-likeness (QED) is 0.310. The van der Waals surface area contributed by atoms with Gasteiger partial charge in [-0.3, -0.25) is 9.89 Å². The number of rotatable bonds is 6. The molecular formula is C27H35N7O. The molecule has 0 spiro atoms. The number of amides is 2. The Bertz CT molecular complexity index is 1160. The summed E-state index contributed by atoms with van der Waals surface area (Å²) in [6.07, 6.45) is 1.85. The average Bonchev–Trinajstić information content (AvgIpc) is 3.26. The summed E-state index contributed by atoms with van der Waals surface area (Å²) in [5.74, 6) is 2.07. The van der Waals surface area contributed by atoms with Crippen LogP contribution < -0.4 is 16.4 Å². The number of aromatic amines is 1. The topological polar surface area (TPSA) is 102 Å². The average molecular weight is 474 g/mol. The molecule has 0 aliphatic carbocycles. The van der Waals surface area contributed by atoms with Crippen molar-refractivity contribution in [3.8, 4) is 0 Å². The first-order valence-corrected chi connectivity index (χ1v) is 12.1. The number of aliphatic imine (C=N–C) groups is 1. The number of carbonyl (C=O) groups excluding carboxylic acids is 1. The van der Waals surface area contributed by atoms with Gasteiger partial charge in [-0.2, -0.15) is 0 Å². The Kier molecular flexibility index (Phi) is 7.72. The summed E-state index contributed by atoms with van der Waals surface area (Å²) in [6.45, 7) is 8.05. The van der Waals surface area contributed by atoms with Gasteiger partial charge in [0.25, 0.3) is 0 Å². The van der Waals surface area contributed by atoms with Crippen molar-refractivity contribution in [1.82, 2.24) is 14.8 Å². The number of benzene rings is 2. The van der Waals surface area contributed by atoms with Crippen LogP contribution in [-0.4, -0.2) is 59.9 Å². The minimum absolute atomic E-state index is 0.155. The van der Waals surface area contributed by atoms with E-state index in [-0.39, 0.29) is 12.1 Å². The van der Waals surface area contributed by atoms with Crippen LogP contribution >= 0.6 is 0 Å². The highest BCUT2D eigenvalue weighted by Gasteiger charge is 2.31. The first-order valence-electron chi connectivity index (χ1n) is 12.1. The van der Waals surface area contributed by atoms with Gasteiger partial charge in [0.1, 0.15) is 11.7 Å². The Morgan fingerprint density at radius 3 is 2.51 bits per heavy atom. The van der Waals surface area contributed by atoms with Gasteiger partial charge in [0.05, 0.1) is 11.6 Å². The number of nitrogens with zero attached hydrogens (tertiary/aromatic N) is 3. The second-order valence-corrected chi connectivity index (χ2v) is 9.27. The molecule has 0 bridgehead atoms. The molecule has 1 aliphatic rings. The van der Waals surface area contributed by atoms with Crippen molar-refractivity contribution in [2.45, 2.75) is 19.9 Å². The molecule has 8 heteroatoms. The number of nitrogens with one attached hydrogen (secondary N) is 3. The molecule has 3 aromatic rings. The zero-order valence-electron chi connectivity index (χ0n) is 20.7. The Labute approximate surface area is 207 Å². The van der Waals surface area contributed by atoms with Crippen molar-refractivity contribution >= 4 is 29.1 Å². The largest absolute Gasteiger partial charge is 0.385 e. The fourth-order valence-corrected chi connectivity index (χ4v) is 4.66. The summed E-state index contributed by atoms with van der Waals surface area (Å²) in [7, 11) is 1.81. The second-order valence-electron chi connectivity index (χ2n) is 9.27. The molecular weight excluding hydrogens is 438 g/mol. The number of anilines is 3. The number of para-hydroxylation sites is 1. The van der Waals surface area contributed by atoms with Crippen LogP contribution in [0.15, 0.2) is 71.9 Å². The highest BCUT2D eigenvalue weighted by molar-refractivity contribution is 6.02. The third-order valence-corrected chi connectivity index (χ3v) is 6.18. The van der Waals surface area contributed by atoms with Crippen LogP contribution in [0.2, 0.25) is 0 Å². The van der Waals surface area contributed by atoms with E-state index in [0.29, 0.717) is 11.7 Å². The van der Waals surface area contributed by atoms with E-state index in [0.717, 1.165) is 54.5 Å². The normalized spacial score (nSPS) is 17.0. The number of H-pyrrole nitrogens is 1. The van der Waals surface area contributed by atoms with Gasteiger partial charge in [0, 0.05) is 50.8 Å². The van der Waals surface area contributed by atoms with Crippen molar-refractivity contribution in [1.29, 1.82) is 0 Å². The second kappa shape index (κ2) is 11.1. The Morgan fingerprint density at radius 2 is 1.83 bits per heavy atom. The Morgan fingerprint density at radius 1 is 1.09 bits per heavy atom. The van der Waals surface area contributed by atoms with Gasteiger partial charge in [-0.05, 0) is 41.8 Å². The van der Waals surface area contributed by atoms with E-state index in [9.17, 15) is 4.79 Å². The molecule has 2 aromatic carbocycles. The van der Waals surface area contributed by atoms with Gasteiger partial charge in [0.15, 0.2) is 0 Å². The predicted octanol–water partition coefficient (Wildman–Crippen LogP) is 4.63. The van der Waals surface area contributed by atoms with Crippen LogP contribution in [-0.2, 0) is 0 Å². The van der Waals surface area contributed by atoms with Gasteiger partial charge in [-0.15, -0.1) is 0 Å². The maximum absolute atomic E-state index is 12.6. The molecule has 0 saturated carbocycles. The standard InChI is InChI=1S/C27H35N7O/c1-19(2)17-33-14-15-34(26(29-3)23-12-13-30-25(23)28)18-24(33)20-8-7-11-22(16-20)32-27(35)31-21-9-5-4-6-10-21/h4-13,16,19,24,30H,14-15,17-18,28H2,1-3H3,(H2,31,32,35). The molecule has 1 fully saturated rings. The number of carbonyl (C=O) groups is 1. The van der Waals surface area contributed by atoms with Crippen molar-refractivity contribution < 1.29 is 4.79 Å². The lowest BCUT2D eigenvalue weighted by Gasteiger charge is -2.43. The fraction of sp³-hybridized carbons (Fsp3) is 0.333. The third kappa shape index (κ3) is 6.02. The van der Waals surface area contributed by atoms with E-state index in [1.54, 1.807) is 0 Å². The molecule has 35 heavy (non-hydrogen) atoms. The summed E-state index contributed by atoms with van der Waals surface area (Å²) < 4.78 is 0. The number of piperazine rings is 1. The number of hydrogen-bond acceptors (Lipinski definition) is 4. The molecule has 1 unspecified atom stereocenters.